The molecule has 1 saturated heterocycles. The van der Waals surface area contributed by atoms with Crippen LogP contribution in [0.4, 0.5) is 19.0 Å². The van der Waals surface area contributed by atoms with E-state index in [1.807, 2.05) is 0 Å². The summed E-state index contributed by atoms with van der Waals surface area (Å²) < 4.78 is 48.0. The minimum Gasteiger partial charge on any atom is -0.405 e. The van der Waals surface area contributed by atoms with Crippen LogP contribution >= 0.6 is 0 Å². The molecule has 2 aromatic rings. The van der Waals surface area contributed by atoms with E-state index in [9.17, 15) is 13.2 Å². The second-order valence-corrected chi connectivity index (χ2v) is 6.37. The molecule has 0 aliphatic carbocycles. The zero-order chi connectivity index (χ0) is 18.9. The van der Waals surface area contributed by atoms with Crippen LogP contribution in [0.3, 0.4) is 0 Å². The Hall–Kier alpha value is -2.39. The number of nitrogens with one attached hydrogen (secondary N) is 1. The van der Waals surface area contributed by atoms with Gasteiger partial charge in [0.1, 0.15) is 11.6 Å². The number of morpholine rings is 1. The highest BCUT2D eigenvalue weighted by Crippen LogP contribution is 2.34. The molecule has 6 nitrogen and oxygen atoms in total. The predicted octanol–water partition coefficient (Wildman–Crippen LogP) is 2.52. The molecule has 1 fully saturated rings. The van der Waals surface area contributed by atoms with Crippen molar-refractivity contribution in [2.45, 2.75) is 19.3 Å². The number of ether oxygens (including phenoxy) is 2. The number of alkyl halides is 3. The molecule has 0 spiro atoms. The number of para-hydroxylation sites is 1. The molecule has 144 valence electrons. The van der Waals surface area contributed by atoms with E-state index in [1.54, 1.807) is 12.1 Å². The van der Waals surface area contributed by atoms with E-state index in [1.165, 1.54) is 12.1 Å². The number of rotatable bonds is 3. The van der Waals surface area contributed by atoms with E-state index in [4.69, 9.17) is 4.74 Å². The van der Waals surface area contributed by atoms with Crippen LogP contribution in [-0.4, -0.2) is 49.2 Å². The second kappa shape index (κ2) is 7.32. The topological polar surface area (TPSA) is 59.5 Å². The van der Waals surface area contributed by atoms with E-state index >= 15 is 0 Å². The van der Waals surface area contributed by atoms with Crippen LogP contribution in [0.25, 0.3) is 11.4 Å². The Labute approximate surface area is 154 Å². The molecular formula is C18H19F3N4O2. The average Bonchev–Trinajstić information content (AvgIpc) is 2.67. The van der Waals surface area contributed by atoms with Gasteiger partial charge in [0, 0.05) is 25.2 Å². The minimum absolute atomic E-state index is 0.220. The van der Waals surface area contributed by atoms with E-state index in [0.29, 0.717) is 32.8 Å². The van der Waals surface area contributed by atoms with Gasteiger partial charge in [-0.25, -0.2) is 9.97 Å². The van der Waals surface area contributed by atoms with Gasteiger partial charge in [0.2, 0.25) is 0 Å². The van der Waals surface area contributed by atoms with Crippen LogP contribution in [-0.2, 0) is 17.7 Å². The lowest BCUT2D eigenvalue weighted by Gasteiger charge is -2.31. The van der Waals surface area contributed by atoms with Crippen molar-refractivity contribution in [3.8, 4) is 17.1 Å². The van der Waals surface area contributed by atoms with Gasteiger partial charge < -0.3 is 19.7 Å². The summed E-state index contributed by atoms with van der Waals surface area (Å²) >= 11 is 0. The molecule has 1 N–H and O–H groups in total. The number of halogens is 3. The molecule has 9 heteroatoms. The van der Waals surface area contributed by atoms with Crippen molar-refractivity contribution in [3.05, 3.63) is 35.5 Å². The lowest BCUT2D eigenvalue weighted by molar-refractivity contribution is -0.274. The van der Waals surface area contributed by atoms with Gasteiger partial charge in [0.25, 0.3) is 0 Å². The molecule has 2 aliphatic rings. The summed E-state index contributed by atoms with van der Waals surface area (Å²) in [5, 5.41) is 3.26. The number of fused-ring (bicyclic) bond motifs is 1. The summed E-state index contributed by atoms with van der Waals surface area (Å²) in [5.41, 5.74) is 2.08. The molecule has 3 heterocycles. The molecule has 0 radical (unpaired) electrons. The molecule has 0 saturated carbocycles. The minimum atomic E-state index is -4.78. The number of aromatic nitrogens is 2. The van der Waals surface area contributed by atoms with Crippen molar-refractivity contribution < 1.29 is 22.6 Å². The predicted molar refractivity (Wildman–Crippen MR) is 92.6 cm³/mol. The van der Waals surface area contributed by atoms with Crippen LogP contribution < -0.4 is 15.0 Å². The second-order valence-electron chi connectivity index (χ2n) is 6.37. The highest BCUT2D eigenvalue weighted by atomic mass is 19.4. The number of hydrogen-bond acceptors (Lipinski definition) is 6. The van der Waals surface area contributed by atoms with Crippen molar-refractivity contribution in [3.63, 3.8) is 0 Å². The highest BCUT2D eigenvalue weighted by Gasteiger charge is 2.33. The number of hydrogen-bond donors (Lipinski definition) is 1. The fourth-order valence-corrected chi connectivity index (χ4v) is 3.36. The quantitative estimate of drug-likeness (QED) is 0.883. The third-order valence-electron chi connectivity index (χ3n) is 4.58. The van der Waals surface area contributed by atoms with Crippen molar-refractivity contribution in [2.24, 2.45) is 0 Å². The molecular weight excluding hydrogens is 361 g/mol. The van der Waals surface area contributed by atoms with E-state index in [2.05, 4.69) is 24.9 Å². The monoisotopic (exact) mass is 380 g/mol. The maximum absolute atomic E-state index is 12.8. The van der Waals surface area contributed by atoms with Gasteiger partial charge in [0.15, 0.2) is 5.82 Å². The Morgan fingerprint density at radius 3 is 2.67 bits per heavy atom. The molecule has 4 rings (SSSR count). The Kier molecular flexibility index (Phi) is 4.88. The zero-order valence-corrected chi connectivity index (χ0v) is 14.6. The van der Waals surface area contributed by atoms with Crippen molar-refractivity contribution in [1.82, 2.24) is 15.3 Å². The largest absolute Gasteiger partial charge is 0.573 e. The van der Waals surface area contributed by atoms with Crippen molar-refractivity contribution in [2.75, 3.05) is 37.7 Å². The van der Waals surface area contributed by atoms with E-state index in [-0.39, 0.29) is 17.1 Å². The lowest BCUT2D eigenvalue weighted by atomic mass is 10.1. The smallest absolute Gasteiger partial charge is 0.405 e. The number of benzene rings is 1. The summed E-state index contributed by atoms with van der Waals surface area (Å²) in [7, 11) is 0. The first-order valence-corrected chi connectivity index (χ1v) is 8.79. The highest BCUT2D eigenvalue weighted by molar-refractivity contribution is 5.67. The van der Waals surface area contributed by atoms with Crippen molar-refractivity contribution >= 4 is 5.82 Å². The molecule has 0 bridgehead atoms. The Morgan fingerprint density at radius 1 is 1.11 bits per heavy atom. The fourth-order valence-electron chi connectivity index (χ4n) is 3.36. The van der Waals surface area contributed by atoms with Crippen molar-refractivity contribution in [1.29, 1.82) is 0 Å². The summed E-state index contributed by atoms with van der Waals surface area (Å²) in [6, 6.07) is 5.96. The zero-order valence-electron chi connectivity index (χ0n) is 14.6. The fraction of sp³-hybridized carbons (Fsp3) is 0.444. The third-order valence-corrected chi connectivity index (χ3v) is 4.58. The summed E-state index contributed by atoms with van der Waals surface area (Å²) in [6.45, 7) is 3.96. The van der Waals surface area contributed by atoms with E-state index < -0.39 is 6.36 Å². The SMILES string of the molecule is FC(F)(F)Oc1ccccc1-c1nc2c(c(N3CCOCC3)n1)CCNC2. The Morgan fingerprint density at radius 2 is 1.89 bits per heavy atom. The molecule has 1 aromatic heterocycles. The molecule has 27 heavy (non-hydrogen) atoms. The van der Waals surface area contributed by atoms with Crippen LogP contribution in [0.2, 0.25) is 0 Å². The molecule has 1 aromatic carbocycles. The summed E-state index contributed by atoms with van der Waals surface area (Å²) in [4.78, 5) is 11.3. The molecule has 0 amide bonds. The molecule has 2 aliphatic heterocycles. The van der Waals surface area contributed by atoms with Gasteiger partial charge in [0.05, 0.1) is 24.5 Å². The maximum atomic E-state index is 12.8. The molecule has 0 unspecified atom stereocenters. The summed E-state index contributed by atoms with van der Waals surface area (Å²) in [5.74, 6) is 0.710. The Balaban J connectivity index is 1.80. The molecule has 0 atom stereocenters. The Bertz CT molecular complexity index is 823. The first kappa shape index (κ1) is 18.0. The van der Waals surface area contributed by atoms with Gasteiger partial charge >= 0.3 is 6.36 Å². The maximum Gasteiger partial charge on any atom is 0.573 e. The summed E-state index contributed by atoms with van der Waals surface area (Å²) in [6.07, 6.45) is -4.00. The standard InChI is InChI=1S/C18H19F3N4O2/c19-18(20,21)27-15-4-2-1-3-13(15)16-23-14-11-22-6-5-12(14)17(24-16)25-7-9-26-10-8-25/h1-4,22H,5-11H2. The number of nitrogens with zero attached hydrogens (tertiary/aromatic N) is 3. The van der Waals surface area contributed by atoms with Crippen LogP contribution in [0.15, 0.2) is 24.3 Å². The normalized spacial score (nSPS) is 17.5. The average molecular weight is 380 g/mol. The van der Waals surface area contributed by atoms with Crippen LogP contribution in [0.5, 0.6) is 5.75 Å². The first-order valence-electron chi connectivity index (χ1n) is 8.79. The van der Waals surface area contributed by atoms with Gasteiger partial charge in [-0.2, -0.15) is 0 Å². The van der Waals surface area contributed by atoms with Gasteiger partial charge in [-0.05, 0) is 25.1 Å². The van der Waals surface area contributed by atoms with Gasteiger partial charge in [-0.3, -0.25) is 0 Å². The van der Waals surface area contributed by atoms with Crippen LogP contribution in [0.1, 0.15) is 11.3 Å². The first-order chi connectivity index (χ1) is 13.0. The third kappa shape index (κ3) is 3.98. The lowest BCUT2D eigenvalue weighted by Crippen LogP contribution is -2.39. The van der Waals surface area contributed by atoms with E-state index in [0.717, 1.165) is 30.0 Å². The van der Waals surface area contributed by atoms with Crippen LogP contribution in [0, 0.1) is 0 Å². The number of anilines is 1. The van der Waals surface area contributed by atoms with Gasteiger partial charge in [-0.1, -0.05) is 12.1 Å². The van der Waals surface area contributed by atoms with Gasteiger partial charge in [-0.15, -0.1) is 13.2 Å².